The van der Waals surface area contributed by atoms with Crippen molar-refractivity contribution in [3.8, 4) is 11.5 Å². The summed E-state index contributed by atoms with van der Waals surface area (Å²) in [5.41, 5.74) is 3.62. The van der Waals surface area contributed by atoms with Crippen LogP contribution in [0.3, 0.4) is 0 Å². The third-order valence-corrected chi connectivity index (χ3v) is 5.81. The summed E-state index contributed by atoms with van der Waals surface area (Å²) < 4.78 is 63.1. The molecule has 34 heavy (non-hydrogen) atoms. The highest BCUT2D eigenvalue weighted by atomic mass is 19.3. The zero-order valence-corrected chi connectivity index (χ0v) is 17.8. The number of alkyl halides is 4. The quantitative estimate of drug-likeness (QED) is 0.445. The van der Waals surface area contributed by atoms with E-state index in [2.05, 4.69) is 20.1 Å². The SMILES string of the molecule is FC(F)Oc1ccccc1/C=C1\CCCC2=C1Nc1ncnn1[C@H]2c1ccccc1OC(F)F. The van der Waals surface area contributed by atoms with Gasteiger partial charge in [-0.05, 0) is 48.6 Å². The Bertz CT molecular complexity index is 1260. The molecule has 0 spiro atoms. The summed E-state index contributed by atoms with van der Waals surface area (Å²) in [7, 11) is 0. The third-order valence-electron chi connectivity index (χ3n) is 5.81. The Hall–Kier alpha value is -3.82. The molecule has 1 aliphatic carbocycles. The number of hydrogen-bond acceptors (Lipinski definition) is 5. The zero-order chi connectivity index (χ0) is 23.7. The molecule has 2 heterocycles. The molecule has 0 fully saturated rings. The van der Waals surface area contributed by atoms with Crippen molar-refractivity contribution >= 4 is 12.0 Å². The molecule has 2 aromatic carbocycles. The van der Waals surface area contributed by atoms with E-state index in [-0.39, 0.29) is 11.5 Å². The van der Waals surface area contributed by atoms with Crippen molar-refractivity contribution in [1.29, 1.82) is 0 Å². The highest BCUT2D eigenvalue weighted by Gasteiger charge is 2.35. The maximum absolute atomic E-state index is 13.1. The highest BCUT2D eigenvalue weighted by Crippen LogP contribution is 2.46. The molecule has 1 aliphatic heterocycles. The van der Waals surface area contributed by atoms with E-state index in [1.54, 1.807) is 41.1 Å². The van der Waals surface area contributed by atoms with Gasteiger partial charge >= 0.3 is 13.2 Å². The number of benzene rings is 2. The van der Waals surface area contributed by atoms with Gasteiger partial charge in [-0.1, -0.05) is 36.4 Å². The number of anilines is 1. The minimum absolute atomic E-state index is 0.0597. The van der Waals surface area contributed by atoms with Crippen LogP contribution in [-0.4, -0.2) is 28.0 Å². The average Bonchev–Trinajstić information content (AvgIpc) is 3.27. The number of halogens is 4. The lowest BCUT2D eigenvalue weighted by Gasteiger charge is -2.35. The van der Waals surface area contributed by atoms with Crippen molar-refractivity contribution < 1.29 is 27.0 Å². The summed E-state index contributed by atoms with van der Waals surface area (Å²) in [6, 6.07) is 12.7. The monoisotopic (exact) mass is 472 g/mol. The highest BCUT2D eigenvalue weighted by molar-refractivity contribution is 5.68. The molecule has 0 radical (unpaired) electrons. The first-order chi connectivity index (χ1) is 16.5. The van der Waals surface area contributed by atoms with Crippen LogP contribution in [0.4, 0.5) is 23.5 Å². The van der Waals surface area contributed by atoms with Crippen LogP contribution in [0.1, 0.15) is 36.4 Å². The molecule has 10 heteroatoms. The van der Waals surface area contributed by atoms with Crippen molar-refractivity contribution in [2.24, 2.45) is 0 Å². The molecule has 0 unspecified atom stereocenters. The van der Waals surface area contributed by atoms with Crippen LogP contribution in [0.25, 0.3) is 6.08 Å². The Kier molecular flexibility index (Phi) is 5.95. The Balaban J connectivity index is 1.63. The average molecular weight is 472 g/mol. The molecule has 0 saturated carbocycles. The number of rotatable bonds is 6. The Morgan fingerprint density at radius 3 is 2.44 bits per heavy atom. The molecular formula is C24H20F4N4O2. The van der Waals surface area contributed by atoms with Gasteiger partial charge in [0, 0.05) is 16.8 Å². The predicted octanol–water partition coefficient (Wildman–Crippen LogP) is 6.02. The van der Waals surface area contributed by atoms with E-state index >= 15 is 0 Å². The van der Waals surface area contributed by atoms with Crippen LogP contribution in [0, 0.1) is 0 Å². The molecular weight excluding hydrogens is 452 g/mol. The maximum atomic E-state index is 13.1. The van der Waals surface area contributed by atoms with E-state index in [1.165, 1.54) is 18.5 Å². The molecule has 1 atom stereocenters. The standard InChI is InChI=1S/C24H20F4N4O2/c25-22(26)33-18-10-3-1-6-14(18)12-15-7-5-9-17-20(15)31-24-29-13-30-32(24)21(17)16-8-2-4-11-19(16)34-23(27)28/h1-4,6,8,10-13,21-23H,5,7,9H2,(H,29,30,31)/b15-12+/t21-/m0/s1. The molecule has 0 saturated heterocycles. The Labute approximate surface area is 192 Å². The molecule has 0 bridgehead atoms. The second-order valence-electron chi connectivity index (χ2n) is 7.81. The summed E-state index contributed by atoms with van der Waals surface area (Å²) in [6.45, 7) is -5.91. The summed E-state index contributed by atoms with van der Waals surface area (Å²) in [5, 5.41) is 7.62. The fourth-order valence-electron chi connectivity index (χ4n) is 4.51. The second-order valence-corrected chi connectivity index (χ2v) is 7.81. The number of allylic oxidation sites excluding steroid dienone is 2. The van der Waals surface area contributed by atoms with Gasteiger partial charge in [-0.15, -0.1) is 0 Å². The first-order valence-corrected chi connectivity index (χ1v) is 10.7. The zero-order valence-electron chi connectivity index (χ0n) is 17.8. The number of para-hydroxylation sites is 2. The lowest BCUT2D eigenvalue weighted by atomic mass is 9.83. The normalized spacial score (nSPS) is 18.6. The smallest absolute Gasteiger partial charge is 0.387 e. The van der Waals surface area contributed by atoms with E-state index in [4.69, 9.17) is 4.74 Å². The molecule has 3 aromatic rings. The maximum Gasteiger partial charge on any atom is 0.387 e. The number of nitrogens with zero attached hydrogens (tertiary/aromatic N) is 3. The summed E-state index contributed by atoms with van der Waals surface area (Å²) in [4.78, 5) is 4.28. The van der Waals surface area contributed by atoms with Gasteiger partial charge in [0.25, 0.3) is 0 Å². The Morgan fingerprint density at radius 2 is 1.65 bits per heavy atom. The van der Waals surface area contributed by atoms with E-state index in [0.717, 1.165) is 23.3 Å². The number of aromatic nitrogens is 3. The molecule has 6 nitrogen and oxygen atoms in total. The topological polar surface area (TPSA) is 61.2 Å². The van der Waals surface area contributed by atoms with Gasteiger partial charge in [0.2, 0.25) is 5.95 Å². The van der Waals surface area contributed by atoms with Crippen LogP contribution >= 0.6 is 0 Å². The van der Waals surface area contributed by atoms with Gasteiger partial charge in [-0.25, -0.2) is 4.68 Å². The van der Waals surface area contributed by atoms with Crippen molar-refractivity contribution in [1.82, 2.24) is 14.8 Å². The van der Waals surface area contributed by atoms with Gasteiger partial charge < -0.3 is 14.8 Å². The largest absolute Gasteiger partial charge is 0.434 e. The van der Waals surface area contributed by atoms with Crippen LogP contribution in [0.2, 0.25) is 0 Å². The van der Waals surface area contributed by atoms with Gasteiger partial charge in [0.15, 0.2) is 0 Å². The van der Waals surface area contributed by atoms with Crippen molar-refractivity contribution in [3.63, 3.8) is 0 Å². The van der Waals surface area contributed by atoms with Gasteiger partial charge in [-0.2, -0.15) is 27.6 Å². The summed E-state index contributed by atoms with van der Waals surface area (Å²) in [5.74, 6) is 0.578. The molecule has 2 aliphatic rings. The minimum atomic E-state index is -2.97. The minimum Gasteiger partial charge on any atom is -0.434 e. The number of nitrogens with one attached hydrogen (secondary N) is 1. The number of ether oxygens (including phenoxy) is 2. The summed E-state index contributed by atoms with van der Waals surface area (Å²) >= 11 is 0. The van der Waals surface area contributed by atoms with E-state index in [1.807, 2.05) is 6.08 Å². The lowest BCUT2D eigenvalue weighted by molar-refractivity contribution is -0.0510. The first-order valence-electron chi connectivity index (χ1n) is 10.7. The first kappa shape index (κ1) is 22.0. The molecule has 1 N–H and O–H groups in total. The fraction of sp³-hybridized carbons (Fsp3) is 0.250. The lowest BCUT2D eigenvalue weighted by Crippen LogP contribution is -2.28. The molecule has 176 valence electrons. The second kappa shape index (κ2) is 9.20. The van der Waals surface area contributed by atoms with Crippen LogP contribution in [0.5, 0.6) is 11.5 Å². The number of hydrogen-bond donors (Lipinski definition) is 1. The van der Waals surface area contributed by atoms with Gasteiger partial charge in [0.05, 0.1) is 0 Å². The van der Waals surface area contributed by atoms with Crippen LogP contribution < -0.4 is 14.8 Å². The van der Waals surface area contributed by atoms with E-state index in [0.29, 0.717) is 29.9 Å². The van der Waals surface area contributed by atoms with Crippen molar-refractivity contribution in [2.75, 3.05) is 5.32 Å². The summed E-state index contributed by atoms with van der Waals surface area (Å²) in [6.07, 6.45) is 5.35. The molecule has 1 aromatic heterocycles. The predicted molar refractivity (Wildman–Crippen MR) is 117 cm³/mol. The van der Waals surface area contributed by atoms with E-state index in [9.17, 15) is 17.6 Å². The van der Waals surface area contributed by atoms with Gasteiger partial charge in [0.1, 0.15) is 23.9 Å². The van der Waals surface area contributed by atoms with E-state index < -0.39 is 19.3 Å². The number of fused-ring (bicyclic) bond motifs is 1. The molecule has 0 amide bonds. The van der Waals surface area contributed by atoms with Crippen molar-refractivity contribution in [2.45, 2.75) is 38.5 Å². The molecule has 5 rings (SSSR count). The van der Waals surface area contributed by atoms with Crippen LogP contribution in [0.15, 0.2) is 71.7 Å². The fourth-order valence-corrected chi connectivity index (χ4v) is 4.51. The van der Waals surface area contributed by atoms with Crippen LogP contribution in [-0.2, 0) is 0 Å². The third kappa shape index (κ3) is 4.23. The Morgan fingerprint density at radius 1 is 0.941 bits per heavy atom. The van der Waals surface area contributed by atoms with Gasteiger partial charge in [-0.3, -0.25) is 0 Å². The van der Waals surface area contributed by atoms with Crippen molar-refractivity contribution in [3.05, 3.63) is 82.8 Å².